The van der Waals surface area contributed by atoms with Crippen molar-refractivity contribution in [3.05, 3.63) is 12.2 Å². The summed E-state index contributed by atoms with van der Waals surface area (Å²) >= 11 is 0. The van der Waals surface area contributed by atoms with Crippen molar-refractivity contribution in [2.24, 2.45) is 0 Å². The molecule has 0 aromatic carbocycles. The van der Waals surface area contributed by atoms with E-state index < -0.39 is 0 Å². The van der Waals surface area contributed by atoms with E-state index in [1.807, 2.05) is 12.1 Å². The first-order valence-corrected chi connectivity index (χ1v) is 9.46. The summed E-state index contributed by atoms with van der Waals surface area (Å²) < 4.78 is 0. The van der Waals surface area contributed by atoms with Crippen molar-refractivity contribution in [1.82, 2.24) is 0 Å². The molecule has 0 spiro atoms. The smallest absolute Gasteiger partial charge is 0.0908 e. The molecule has 0 amide bonds. The topological polar surface area (TPSA) is 23.8 Å². The molecule has 0 saturated heterocycles. The third-order valence-corrected chi connectivity index (χ3v) is 4.17. The van der Waals surface area contributed by atoms with Gasteiger partial charge < -0.3 is 0 Å². The molecule has 1 heteroatoms. The Balaban J connectivity index is 2.96. The van der Waals surface area contributed by atoms with Crippen LogP contribution in [0, 0.1) is 11.3 Å². The van der Waals surface area contributed by atoms with Crippen molar-refractivity contribution in [2.45, 2.75) is 110 Å². The molecule has 0 aromatic heterocycles. The lowest BCUT2D eigenvalue weighted by Gasteiger charge is -2.03. The van der Waals surface area contributed by atoms with Crippen LogP contribution < -0.4 is 0 Å². The largest absolute Gasteiger partial charge is 0.193 e. The van der Waals surface area contributed by atoms with E-state index in [2.05, 4.69) is 6.92 Å². The van der Waals surface area contributed by atoms with Gasteiger partial charge in [-0.25, -0.2) is 0 Å². The van der Waals surface area contributed by atoms with Crippen LogP contribution in [-0.4, -0.2) is 0 Å². The Bertz CT molecular complexity index is 249. The second-order valence-electron chi connectivity index (χ2n) is 6.27. The first kappa shape index (κ1) is 20.2. The van der Waals surface area contributed by atoms with Gasteiger partial charge in [0.2, 0.25) is 0 Å². The predicted octanol–water partition coefficient (Wildman–Crippen LogP) is 7.33. The second kappa shape index (κ2) is 19.2. The van der Waals surface area contributed by atoms with Gasteiger partial charge in [-0.2, -0.15) is 5.26 Å². The molecule has 0 aliphatic rings. The Kier molecular flexibility index (Phi) is 18.5. The van der Waals surface area contributed by atoms with Crippen molar-refractivity contribution < 1.29 is 0 Å². The number of unbranched alkanes of at least 4 members (excludes halogenated alkanes) is 15. The van der Waals surface area contributed by atoms with Gasteiger partial charge in [-0.3, -0.25) is 0 Å². The molecule has 0 radical (unpaired) electrons. The number of rotatable bonds is 16. The lowest BCUT2D eigenvalue weighted by molar-refractivity contribution is 0.533. The predicted molar refractivity (Wildman–Crippen MR) is 94.3 cm³/mol. The molecular weight excluding hydrogens is 254 g/mol. The number of allylic oxidation sites excluding steroid dienone is 2. The van der Waals surface area contributed by atoms with Crippen LogP contribution in [0.4, 0.5) is 0 Å². The van der Waals surface area contributed by atoms with Crippen LogP contribution >= 0.6 is 0 Å². The van der Waals surface area contributed by atoms with Crippen LogP contribution in [-0.2, 0) is 0 Å². The molecule has 0 rings (SSSR count). The number of nitriles is 1. The maximum absolute atomic E-state index is 8.35. The third-order valence-electron chi connectivity index (χ3n) is 4.17. The van der Waals surface area contributed by atoms with Gasteiger partial charge in [0.15, 0.2) is 0 Å². The molecule has 0 fully saturated rings. The maximum Gasteiger partial charge on any atom is 0.0908 e. The molecule has 0 saturated carbocycles. The summed E-state index contributed by atoms with van der Waals surface area (Å²) in [6, 6.07) is 2.04. The highest BCUT2D eigenvalue weighted by atomic mass is 14.2. The zero-order valence-corrected chi connectivity index (χ0v) is 14.4. The molecule has 0 aromatic rings. The van der Waals surface area contributed by atoms with E-state index in [1.54, 1.807) is 6.08 Å². The Labute approximate surface area is 133 Å². The average Bonchev–Trinajstić information content (AvgIpc) is 2.50. The van der Waals surface area contributed by atoms with Crippen LogP contribution in [0.25, 0.3) is 0 Å². The summed E-state index contributed by atoms with van der Waals surface area (Å²) in [4.78, 5) is 0. The van der Waals surface area contributed by atoms with Crippen molar-refractivity contribution in [2.75, 3.05) is 0 Å². The summed E-state index contributed by atoms with van der Waals surface area (Å²) in [6.07, 6.45) is 25.8. The summed E-state index contributed by atoms with van der Waals surface area (Å²) in [6.45, 7) is 2.28. The molecular formula is C20H37N. The summed E-state index contributed by atoms with van der Waals surface area (Å²) in [5.74, 6) is 0. The first-order chi connectivity index (χ1) is 10.4. The molecule has 0 bridgehead atoms. The Morgan fingerprint density at radius 3 is 1.38 bits per heavy atom. The highest BCUT2D eigenvalue weighted by Crippen LogP contribution is 2.13. The average molecular weight is 292 g/mol. The van der Waals surface area contributed by atoms with Crippen molar-refractivity contribution >= 4 is 0 Å². The molecule has 21 heavy (non-hydrogen) atoms. The fraction of sp³-hybridized carbons (Fsp3) is 0.850. The van der Waals surface area contributed by atoms with E-state index in [0.717, 1.165) is 6.42 Å². The molecule has 0 unspecified atom stereocenters. The van der Waals surface area contributed by atoms with Crippen LogP contribution in [0.1, 0.15) is 110 Å². The molecule has 0 N–H and O–H groups in total. The summed E-state index contributed by atoms with van der Waals surface area (Å²) in [7, 11) is 0. The van der Waals surface area contributed by atoms with Gasteiger partial charge in [0, 0.05) is 6.08 Å². The van der Waals surface area contributed by atoms with Crippen LogP contribution in [0.15, 0.2) is 12.2 Å². The van der Waals surface area contributed by atoms with Crippen molar-refractivity contribution in [3.63, 3.8) is 0 Å². The Morgan fingerprint density at radius 1 is 0.619 bits per heavy atom. The minimum atomic E-state index is 1.08. The number of hydrogen-bond acceptors (Lipinski definition) is 1. The van der Waals surface area contributed by atoms with E-state index in [4.69, 9.17) is 5.26 Å². The monoisotopic (exact) mass is 291 g/mol. The third kappa shape index (κ3) is 19.2. The molecule has 0 aliphatic heterocycles. The van der Waals surface area contributed by atoms with E-state index in [0.29, 0.717) is 0 Å². The second-order valence-corrected chi connectivity index (χ2v) is 6.27. The zero-order valence-electron chi connectivity index (χ0n) is 14.4. The standard InChI is InChI=1S/C20H37N/c1-2-3-4-5-6-7-8-9-10-11-12-13-14-15-16-17-18-19-20-21/h18-19H,2-17H2,1H3/b19-18+. The minimum Gasteiger partial charge on any atom is -0.193 e. The summed E-state index contributed by atoms with van der Waals surface area (Å²) in [5.41, 5.74) is 0. The van der Waals surface area contributed by atoms with Gasteiger partial charge in [-0.1, -0.05) is 103 Å². The number of hydrogen-bond donors (Lipinski definition) is 0. The van der Waals surface area contributed by atoms with Crippen molar-refractivity contribution in [3.8, 4) is 6.07 Å². The van der Waals surface area contributed by atoms with Gasteiger partial charge in [0.25, 0.3) is 0 Å². The highest BCUT2D eigenvalue weighted by Gasteiger charge is 1.93. The molecule has 1 nitrogen and oxygen atoms in total. The van der Waals surface area contributed by atoms with Crippen LogP contribution in [0.2, 0.25) is 0 Å². The maximum atomic E-state index is 8.35. The SMILES string of the molecule is CCCCCCCCCCCCCCCCC/C=C/C#N. The summed E-state index contributed by atoms with van der Waals surface area (Å²) in [5, 5.41) is 8.35. The van der Waals surface area contributed by atoms with Crippen LogP contribution in [0.3, 0.4) is 0 Å². The van der Waals surface area contributed by atoms with Gasteiger partial charge in [0.05, 0.1) is 6.07 Å². The minimum absolute atomic E-state index is 1.08. The fourth-order valence-electron chi connectivity index (χ4n) is 2.77. The van der Waals surface area contributed by atoms with Gasteiger partial charge in [-0.15, -0.1) is 0 Å². The quantitative estimate of drug-likeness (QED) is 0.216. The fourth-order valence-corrected chi connectivity index (χ4v) is 2.77. The van der Waals surface area contributed by atoms with Gasteiger partial charge in [-0.05, 0) is 12.8 Å². The normalized spacial score (nSPS) is 11.0. The Hall–Kier alpha value is -0.770. The van der Waals surface area contributed by atoms with Gasteiger partial charge in [0.1, 0.15) is 0 Å². The lowest BCUT2D eigenvalue weighted by Crippen LogP contribution is -1.83. The molecule has 0 aliphatic carbocycles. The molecule has 0 atom stereocenters. The molecule has 0 heterocycles. The van der Waals surface area contributed by atoms with E-state index >= 15 is 0 Å². The highest BCUT2D eigenvalue weighted by molar-refractivity contribution is 5.01. The molecule has 122 valence electrons. The number of nitrogens with zero attached hydrogens (tertiary/aromatic N) is 1. The van der Waals surface area contributed by atoms with Gasteiger partial charge >= 0.3 is 0 Å². The van der Waals surface area contributed by atoms with E-state index in [9.17, 15) is 0 Å². The zero-order chi connectivity index (χ0) is 15.4. The first-order valence-electron chi connectivity index (χ1n) is 9.46. The van der Waals surface area contributed by atoms with E-state index in [1.165, 1.54) is 96.3 Å². The Morgan fingerprint density at radius 2 is 1.00 bits per heavy atom. The van der Waals surface area contributed by atoms with Crippen LogP contribution in [0.5, 0.6) is 0 Å². The van der Waals surface area contributed by atoms with E-state index in [-0.39, 0.29) is 0 Å². The lowest BCUT2D eigenvalue weighted by atomic mass is 10.0. The van der Waals surface area contributed by atoms with Crippen molar-refractivity contribution in [1.29, 1.82) is 5.26 Å².